The van der Waals surface area contributed by atoms with E-state index >= 15 is 0 Å². The summed E-state index contributed by atoms with van der Waals surface area (Å²) in [6, 6.07) is 27.7. The standard InChI is InChI=1S/C25H24N4O/c1-18-13-24(29(28-18)23-12-6-10-21(16-23)17-26)25(30)27-22-11-5-9-20(15-22)14-19-7-3-2-4-8-19/h2-13,15-16H,14,17,26H2,1H3,(H,27,30). The van der Waals surface area contributed by atoms with Gasteiger partial charge in [-0.1, -0.05) is 54.6 Å². The molecule has 1 heterocycles. The van der Waals surface area contributed by atoms with Crippen LogP contribution in [-0.2, 0) is 13.0 Å². The summed E-state index contributed by atoms with van der Waals surface area (Å²) in [6.07, 6.45) is 0.813. The molecule has 4 aromatic rings. The number of anilines is 1. The zero-order valence-corrected chi connectivity index (χ0v) is 16.9. The van der Waals surface area contributed by atoms with Gasteiger partial charge in [0.05, 0.1) is 11.4 Å². The Morgan fingerprint density at radius 1 is 0.900 bits per heavy atom. The molecule has 0 aliphatic carbocycles. The van der Waals surface area contributed by atoms with E-state index in [0.717, 1.165) is 34.6 Å². The van der Waals surface area contributed by atoms with E-state index in [4.69, 9.17) is 5.73 Å². The second-order valence-corrected chi connectivity index (χ2v) is 7.27. The molecule has 3 N–H and O–H groups in total. The lowest BCUT2D eigenvalue weighted by Gasteiger charge is -2.10. The van der Waals surface area contributed by atoms with Crippen LogP contribution in [0.25, 0.3) is 5.69 Å². The van der Waals surface area contributed by atoms with Crippen LogP contribution in [0.3, 0.4) is 0 Å². The summed E-state index contributed by atoms with van der Waals surface area (Å²) in [4.78, 5) is 13.0. The number of nitrogens with one attached hydrogen (secondary N) is 1. The minimum atomic E-state index is -0.203. The van der Waals surface area contributed by atoms with Crippen molar-refractivity contribution >= 4 is 11.6 Å². The van der Waals surface area contributed by atoms with Crippen LogP contribution in [0.15, 0.2) is 84.9 Å². The van der Waals surface area contributed by atoms with Crippen LogP contribution in [-0.4, -0.2) is 15.7 Å². The Morgan fingerprint density at radius 3 is 2.43 bits per heavy atom. The maximum Gasteiger partial charge on any atom is 0.274 e. The molecular weight excluding hydrogens is 372 g/mol. The molecule has 0 spiro atoms. The second kappa shape index (κ2) is 8.76. The third-order valence-corrected chi connectivity index (χ3v) is 4.89. The van der Waals surface area contributed by atoms with E-state index in [1.807, 2.05) is 67.6 Å². The predicted octanol–water partition coefficient (Wildman–Crippen LogP) is 4.48. The maximum absolute atomic E-state index is 13.0. The van der Waals surface area contributed by atoms with Gasteiger partial charge in [-0.15, -0.1) is 0 Å². The number of aromatic nitrogens is 2. The lowest BCUT2D eigenvalue weighted by atomic mass is 10.0. The van der Waals surface area contributed by atoms with Gasteiger partial charge in [-0.3, -0.25) is 4.79 Å². The molecule has 0 atom stereocenters. The molecule has 150 valence electrons. The number of carbonyl (C=O) groups excluding carboxylic acids is 1. The third-order valence-electron chi connectivity index (χ3n) is 4.89. The molecule has 0 aliphatic heterocycles. The highest BCUT2D eigenvalue weighted by atomic mass is 16.2. The van der Waals surface area contributed by atoms with Gasteiger partial charge in [-0.2, -0.15) is 5.10 Å². The van der Waals surface area contributed by atoms with Crippen molar-refractivity contribution in [2.24, 2.45) is 5.73 Å². The fourth-order valence-electron chi connectivity index (χ4n) is 3.46. The number of nitrogens with two attached hydrogens (primary N) is 1. The molecule has 30 heavy (non-hydrogen) atoms. The van der Waals surface area contributed by atoms with E-state index < -0.39 is 0 Å². The molecule has 0 fully saturated rings. The molecule has 1 amide bonds. The van der Waals surface area contributed by atoms with Crippen LogP contribution >= 0.6 is 0 Å². The molecule has 5 heteroatoms. The van der Waals surface area contributed by atoms with Gasteiger partial charge in [0.25, 0.3) is 5.91 Å². The topological polar surface area (TPSA) is 72.9 Å². The smallest absolute Gasteiger partial charge is 0.274 e. The molecule has 0 radical (unpaired) electrons. The van der Waals surface area contributed by atoms with Crippen molar-refractivity contribution in [3.8, 4) is 5.69 Å². The van der Waals surface area contributed by atoms with Gasteiger partial charge < -0.3 is 11.1 Å². The summed E-state index contributed by atoms with van der Waals surface area (Å²) in [5.41, 5.74) is 11.9. The van der Waals surface area contributed by atoms with Crippen molar-refractivity contribution in [2.45, 2.75) is 19.9 Å². The van der Waals surface area contributed by atoms with Gasteiger partial charge in [0.1, 0.15) is 5.69 Å². The van der Waals surface area contributed by atoms with Crippen molar-refractivity contribution in [1.29, 1.82) is 0 Å². The van der Waals surface area contributed by atoms with Gasteiger partial charge in [-0.25, -0.2) is 4.68 Å². The van der Waals surface area contributed by atoms with Crippen LogP contribution < -0.4 is 11.1 Å². The monoisotopic (exact) mass is 396 g/mol. The van der Waals surface area contributed by atoms with E-state index in [2.05, 4.69) is 28.6 Å². The van der Waals surface area contributed by atoms with E-state index in [1.165, 1.54) is 5.56 Å². The quantitative estimate of drug-likeness (QED) is 0.505. The fourth-order valence-corrected chi connectivity index (χ4v) is 3.46. The third kappa shape index (κ3) is 4.47. The number of amides is 1. The average molecular weight is 396 g/mol. The zero-order chi connectivity index (χ0) is 20.9. The van der Waals surface area contributed by atoms with Crippen LogP contribution in [0.5, 0.6) is 0 Å². The summed E-state index contributed by atoms with van der Waals surface area (Å²) < 4.78 is 1.66. The number of aryl methyl sites for hydroxylation is 1. The molecule has 4 rings (SSSR count). The summed E-state index contributed by atoms with van der Waals surface area (Å²) in [6.45, 7) is 2.31. The van der Waals surface area contributed by atoms with Crippen molar-refractivity contribution in [2.75, 3.05) is 5.32 Å². The highest BCUT2D eigenvalue weighted by molar-refractivity contribution is 6.03. The van der Waals surface area contributed by atoms with Crippen molar-refractivity contribution in [3.63, 3.8) is 0 Å². The molecule has 3 aromatic carbocycles. The average Bonchev–Trinajstić information content (AvgIpc) is 3.17. The summed E-state index contributed by atoms with van der Waals surface area (Å²) >= 11 is 0. The van der Waals surface area contributed by atoms with Gasteiger partial charge in [0.2, 0.25) is 0 Å². The van der Waals surface area contributed by atoms with Crippen molar-refractivity contribution in [3.05, 3.63) is 113 Å². The normalized spacial score (nSPS) is 10.7. The van der Waals surface area contributed by atoms with E-state index in [9.17, 15) is 4.79 Å². The Balaban J connectivity index is 1.57. The lowest BCUT2D eigenvalue weighted by Crippen LogP contribution is -2.17. The van der Waals surface area contributed by atoms with Crippen LogP contribution in [0.1, 0.15) is 32.9 Å². The minimum absolute atomic E-state index is 0.203. The first-order valence-electron chi connectivity index (χ1n) is 9.92. The van der Waals surface area contributed by atoms with Crippen LogP contribution in [0.2, 0.25) is 0 Å². The molecule has 0 aliphatic rings. The number of rotatable bonds is 6. The largest absolute Gasteiger partial charge is 0.326 e. The predicted molar refractivity (Wildman–Crippen MR) is 120 cm³/mol. The van der Waals surface area contributed by atoms with Gasteiger partial charge in [0.15, 0.2) is 0 Å². The Hall–Kier alpha value is -3.70. The summed E-state index contributed by atoms with van der Waals surface area (Å²) in [5, 5.41) is 7.52. The molecule has 0 saturated heterocycles. The lowest BCUT2D eigenvalue weighted by molar-refractivity contribution is 0.101. The van der Waals surface area contributed by atoms with Gasteiger partial charge >= 0.3 is 0 Å². The van der Waals surface area contributed by atoms with E-state index in [1.54, 1.807) is 10.7 Å². The molecular formula is C25H24N4O. The number of hydrogen-bond acceptors (Lipinski definition) is 3. The zero-order valence-electron chi connectivity index (χ0n) is 16.9. The molecule has 1 aromatic heterocycles. The SMILES string of the molecule is Cc1cc(C(=O)Nc2cccc(Cc3ccccc3)c2)n(-c2cccc(CN)c2)n1. The van der Waals surface area contributed by atoms with Gasteiger partial charge in [-0.05, 0) is 60.4 Å². The van der Waals surface area contributed by atoms with Crippen molar-refractivity contribution < 1.29 is 4.79 Å². The molecule has 0 bridgehead atoms. The number of hydrogen-bond donors (Lipinski definition) is 2. The summed E-state index contributed by atoms with van der Waals surface area (Å²) in [7, 11) is 0. The van der Waals surface area contributed by atoms with E-state index in [-0.39, 0.29) is 5.91 Å². The van der Waals surface area contributed by atoms with E-state index in [0.29, 0.717) is 12.2 Å². The Morgan fingerprint density at radius 2 is 1.63 bits per heavy atom. The highest BCUT2D eigenvalue weighted by Gasteiger charge is 2.16. The molecule has 0 saturated carbocycles. The first-order chi connectivity index (χ1) is 14.6. The Bertz CT molecular complexity index is 1160. The van der Waals surface area contributed by atoms with Crippen LogP contribution in [0.4, 0.5) is 5.69 Å². The number of nitrogens with zero attached hydrogens (tertiary/aromatic N) is 2. The summed E-state index contributed by atoms with van der Waals surface area (Å²) in [5.74, 6) is -0.203. The fraction of sp³-hybridized carbons (Fsp3) is 0.120. The van der Waals surface area contributed by atoms with Crippen molar-refractivity contribution in [1.82, 2.24) is 9.78 Å². The Labute approximate surface area is 176 Å². The molecule has 0 unspecified atom stereocenters. The first-order valence-corrected chi connectivity index (χ1v) is 9.92. The highest BCUT2D eigenvalue weighted by Crippen LogP contribution is 2.18. The minimum Gasteiger partial charge on any atom is -0.326 e. The first kappa shape index (κ1) is 19.6. The maximum atomic E-state index is 13.0. The number of benzene rings is 3. The number of carbonyl (C=O) groups is 1. The van der Waals surface area contributed by atoms with Gasteiger partial charge in [0, 0.05) is 12.2 Å². The Kier molecular flexibility index (Phi) is 5.72. The second-order valence-electron chi connectivity index (χ2n) is 7.27. The molecule has 5 nitrogen and oxygen atoms in total. The van der Waals surface area contributed by atoms with Crippen LogP contribution in [0, 0.1) is 6.92 Å².